The molecule has 1 atom stereocenters. The first-order chi connectivity index (χ1) is 18.9. The van der Waals surface area contributed by atoms with Crippen LogP contribution >= 0.6 is 11.3 Å². The molecule has 0 saturated carbocycles. The molecule has 1 aliphatic rings. The standard InChI is InChI=1S/C28H31FN4O6S/c1-27(2,3)39-26(34)32(12-13-37-5)17-18-6-7-20(31-16-18)24-14-21-25(40-24)23(9-11-30-21)38-22-8-10-28(4,33(35)36)15-19(22)29/h6-11,14,16H,12-13,15,17H2,1-5H3. The fourth-order valence-electron chi connectivity index (χ4n) is 3.91. The molecule has 0 bridgehead atoms. The molecule has 3 heterocycles. The van der Waals surface area contributed by atoms with Gasteiger partial charge in [0, 0.05) is 44.0 Å². The van der Waals surface area contributed by atoms with E-state index in [1.807, 2.05) is 39.0 Å². The van der Waals surface area contributed by atoms with Crippen molar-refractivity contribution < 1.29 is 28.3 Å². The molecule has 0 spiro atoms. The summed E-state index contributed by atoms with van der Waals surface area (Å²) in [5, 5.41) is 11.3. The zero-order valence-electron chi connectivity index (χ0n) is 23.0. The number of rotatable bonds is 9. The predicted molar refractivity (Wildman–Crippen MR) is 149 cm³/mol. The first kappa shape index (κ1) is 29.1. The minimum Gasteiger partial charge on any atom is -0.453 e. The fourth-order valence-corrected chi connectivity index (χ4v) is 4.95. The summed E-state index contributed by atoms with van der Waals surface area (Å²) in [4.78, 5) is 34.8. The van der Waals surface area contributed by atoms with Gasteiger partial charge in [-0.25, -0.2) is 9.18 Å². The number of aromatic nitrogens is 2. The van der Waals surface area contributed by atoms with Crippen molar-refractivity contribution in [2.24, 2.45) is 0 Å². The molecule has 0 aromatic carbocycles. The van der Waals surface area contributed by atoms with Crippen LogP contribution in [0.15, 0.2) is 60.4 Å². The summed E-state index contributed by atoms with van der Waals surface area (Å²) >= 11 is 1.39. The van der Waals surface area contributed by atoms with E-state index < -0.39 is 28.0 Å². The van der Waals surface area contributed by atoms with Crippen molar-refractivity contribution in [1.29, 1.82) is 0 Å². The number of thiophene rings is 1. The van der Waals surface area contributed by atoms with Crippen LogP contribution in [0, 0.1) is 10.1 Å². The van der Waals surface area contributed by atoms with Gasteiger partial charge in [-0.3, -0.25) is 20.1 Å². The number of nitro groups is 1. The zero-order chi connectivity index (χ0) is 29.1. The molecular weight excluding hydrogens is 539 g/mol. The summed E-state index contributed by atoms with van der Waals surface area (Å²) < 4.78 is 31.9. The van der Waals surface area contributed by atoms with E-state index in [1.54, 1.807) is 30.5 Å². The van der Waals surface area contributed by atoms with E-state index in [1.165, 1.54) is 30.4 Å². The number of carbonyl (C=O) groups excluding carboxylic acids is 1. The van der Waals surface area contributed by atoms with Gasteiger partial charge >= 0.3 is 6.09 Å². The van der Waals surface area contributed by atoms with Crippen LogP contribution in [0.25, 0.3) is 20.8 Å². The lowest BCUT2D eigenvalue weighted by molar-refractivity contribution is -0.550. The van der Waals surface area contributed by atoms with Gasteiger partial charge in [0.2, 0.25) is 5.54 Å². The normalized spacial score (nSPS) is 17.2. The molecule has 212 valence electrons. The minimum absolute atomic E-state index is 0.0627. The van der Waals surface area contributed by atoms with E-state index >= 15 is 0 Å². The third-order valence-corrected chi connectivity index (χ3v) is 7.22. The average molecular weight is 571 g/mol. The molecule has 12 heteroatoms. The van der Waals surface area contributed by atoms with Gasteiger partial charge in [-0.15, -0.1) is 11.3 Å². The Hall–Kier alpha value is -3.90. The van der Waals surface area contributed by atoms with Crippen molar-refractivity contribution in [3.05, 3.63) is 76.1 Å². The minimum atomic E-state index is -1.51. The molecule has 40 heavy (non-hydrogen) atoms. The molecule has 1 amide bonds. The fraction of sp³-hybridized carbons (Fsp3) is 0.393. The Bertz CT molecular complexity index is 1460. The largest absolute Gasteiger partial charge is 0.453 e. The molecule has 0 aliphatic heterocycles. The van der Waals surface area contributed by atoms with E-state index in [0.717, 1.165) is 10.4 Å². The number of pyridine rings is 2. The Kier molecular flexibility index (Phi) is 8.50. The summed E-state index contributed by atoms with van der Waals surface area (Å²) in [6, 6.07) is 7.24. The SMILES string of the molecule is COCCN(Cc1ccc(-c2cc3nccc(OC4=C(F)CC(C)([N+](=O)[O-])C=C4)c3s2)nc1)C(=O)OC(C)(C)C. The Labute approximate surface area is 235 Å². The molecule has 0 fully saturated rings. The van der Waals surface area contributed by atoms with Crippen molar-refractivity contribution >= 4 is 27.6 Å². The number of ether oxygens (including phenoxy) is 3. The predicted octanol–water partition coefficient (Wildman–Crippen LogP) is 6.30. The van der Waals surface area contributed by atoms with E-state index in [0.29, 0.717) is 41.4 Å². The third-order valence-electron chi connectivity index (χ3n) is 6.05. The summed E-state index contributed by atoms with van der Waals surface area (Å²) in [5.41, 5.74) is 0.0416. The maximum Gasteiger partial charge on any atom is 0.410 e. The molecule has 3 aromatic rings. The Morgan fingerprint density at radius 1 is 1.27 bits per heavy atom. The summed E-state index contributed by atoms with van der Waals surface area (Å²) in [6.07, 6.45) is 5.09. The summed E-state index contributed by atoms with van der Waals surface area (Å²) in [5.74, 6) is -0.359. The number of methoxy groups -OCH3 is 1. The van der Waals surface area contributed by atoms with Crippen LogP contribution in [0.1, 0.15) is 39.7 Å². The number of allylic oxidation sites excluding steroid dienone is 1. The third kappa shape index (κ3) is 6.80. The van der Waals surface area contributed by atoms with Crippen molar-refractivity contribution in [2.45, 2.75) is 51.8 Å². The van der Waals surface area contributed by atoms with Gasteiger partial charge in [0.1, 0.15) is 17.2 Å². The second kappa shape index (κ2) is 11.7. The quantitative estimate of drug-likeness (QED) is 0.217. The highest BCUT2D eigenvalue weighted by atomic mass is 32.1. The van der Waals surface area contributed by atoms with E-state index in [9.17, 15) is 19.3 Å². The summed E-state index contributed by atoms with van der Waals surface area (Å²) in [7, 11) is 1.57. The molecule has 4 rings (SSSR count). The number of hydrogen-bond donors (Lipinski definition) is 0. The Morgan fingerprint density at radius 3 is 2.67 bits per heavy atom. The van der Waals surface area contributed by atoms with Gasteiger partial charge in [-0.05, 0) is 50.6 Å². The molecule has 3 aromatic heterocycles. The second-order valence-corrected chi connectivity index (χ2v) is 11.6. The highest BCUT2D eigenvalue weighted by Gasteiger charge is 2.39. The van der Waals surface area contributed by atoms with Crippen molar-refractivity contribution in [3.8, 4) is 16.3 Å². The van der Waals surface area contributed by atoms with E-state index in [2.05, 4.69) is 9.97 Å². The number of fused-ring (bicyclic) bond motifs is 1. The van der Waals surface area contributed by atoms with Crippen molar-refractivity contribution in [2.75, 3.05) is 20.3 Å². The smallest absolute Gasteiger partial charge is 0.410 e. The van der Waals surface area contributed by atoms with Crippen molar-refractivity contribution in [1.82, 2.24) is 14.9 Å². The topological polar surface area (TPSA) is 117 Å². The maximum absolute atomic E-state index is 14.7. The molecule has 0 N–H and O–H groups in total. The van der Waals surface area contributed by atoms with E-state index in [-0.39, 0.29) is 12.2 Å². The average Bonchev–Trinajstić information content (AvgIpc) is 3.33. The van der Waals surface area contributed by atoms with Gasteiger partial charge < -0.3 is 19.1 Å². The lowest BCUT2D eigenvalue weighted by atomic mass is 9.93. The van der Waals surface area contributed by atoms with Crippen molar-refractivity contribution in [3.63, 3.8) is 0 Å². The molecule has 0 saturated heterocycles. The van der Waals surface area contributed by atoms with Crippen LogP contribution in [-0.2, 0) is 16.0 Å². The van der Waals surface area contributed by atoms with E-state index in [4.69, 9.17) is 14.2 Å². The number of amides is 1. The second-order valence-electron chi connectivity index (χ2n) is 10.6. The number of hydrogen-bond acceptors (Lipinski definition) is 9. The Balaban J connectivity index is 1.52. The highest BCUT2D eigenvalue weighted by Crippen LogP contribution is 2.39. The monoisotopic (exact) mass is 570 g/mol. The van der Waals surface area contributed by atoms with Crippen LogP contribution in [0.2, 0.25) is 0 Å². The van der Waals surface area contributed by atoms with Gasteiger partial charge in [-0.2, -0.15) is 0 Å². The lowest BCUT2D eigenvalue weighted by Crippen LogP contribution is -2.38. The van der Waals surface area contributed by atoms with Gasteiger partial charge in [0.25, 0.3) is 0 Å². The molecule has 1 aliphatic carbocycles. The van der Waals surface area contributed by atoms with Crippen LogP contribution in [0.3, 0.4) is 0 Å². The molecule has 1 unspecified atom stereocenters. The van der Waals surface area contributed by atoms with Gasteiger partial charge in [0.05, 0.1) is 40.4 Å². The Morgan fingerprint density at radius 2 is 2.05 bits per heavy atom. The first-order valence-electron chi connectivity index (χ1n) is 12.6. The van der Waals surface area contributed by atoms with Gasteiger partial charge in [-0.1, -0.05) is 6.07 Å². The van der Waals surface area contributed by atoms with Crippen LogP contribution < -0.4 is 4.74 Å². The lowest BCUT2D eigenvalue weighted by Gasteiger charge is -2.27. The highest BCUT2D eigenvalue weighted by molar-refractivity contribution is 7.22. The van der Waals surface area contributed by atoms with Gasteiger partial charge in [0.15, 0.2) is 5.76 Å². The zero-order valence-corrected chi connectivity index (χ0v) is 23.8. The first-order valence-corrected chi connectivity index (χ1v) is 13.4. The maximum atomic E-state index is 14.7. The molecular formula is C28H31FN4O6S. The van der Waals surface area contributed by atoms with Crippen LogP contribution in [0.5, 0.6) is 5.75 Å². The van der Waals surface area contributed by atoms with Crippen LogP contribution in [-0.4, -0.2) is 57.3 Å². The number of carbonyl (C=O) groups is 1. The molecule has 0 radical (unpaired) electrons. The summed E-state index contributed by atoms with van der Waals surface area (Å²) in [6.45, 7) is 7.86. The molecule has 10 nitrogen and oxygen atoms in total. The number of nitrogens with zero attached hydrogens (tertiary/aromatic N) is 4. The number of halogens is 1. The van der Waals surface area contributed by atoms with Crippen LogP contribution in [0.4, 0.5) is 9.18 Å².